The van der Waals surface area contributed by atoms with Gasteiger partial charge in [-0.2, -0.15) is 18.4 Å². The molecule has 0 aromatic carbocycles. The van der Waals surface area contributed by atoms with Crippen LogP contribution in [0.4, 0.5) is 24.8 Å². The summed E-state index contributed by atoms with van der Waals surface area (Å²) in [7, 11) is 0. The number of nitrogens with one attached hydrogen (secondary N) is 1. The number of carbonyl (C=O) groups excluding carboxylic acids is 1. The maximum absolute atomic E-state index is 13.0. The molecule has 1 amide bonds. The maximum atomic E-state index is 13.0. The van der Waals surface area contributed by atoms with Gasteiger partial charge in [0.25, 0.3) is 0 Å². The van der Waals surface area contributed by atoms with Crippen molar-refractivity contribution in [2.24, 2.45) is 0 Å². The van der Waals surface area contributed by atoms with E-state index in [-0.39, 0.29) is 12.5 Å². The van der Waals surface area contributed by atoms with E-state index >= 15 is 0 Å². The van der Waals surface area contributed by atoms with Crippen molar-refractivity contribution in [2.75, 3.05) is 42.9 Å². The summed E-state index contributed by atoms with van der Waals surface area (Å²) in [6.07, 6.45) is 1.60. The van der Waals surface area contributed by atoms with E-state index in [1.807, 2.05) is 23.6 Å². The first kappa shape index (κ1) is 25.0. The van der Waals surface area contributed by atoms with Gasteiger partial charge >= 0.3 is 6.18 Å². The minimum atomic E-state index is -4.41. The Morgan fingerprint density at radius 1 is 1.14 bits per heavy atom. The molecule has 10 heteroatoms. The summed E-state index contributed by atoms with van der Waals surface area (Å²) in [5.41, 5.74) is 1.69. The van der Waals surface area contributed by atoms with Gasteiger partial charge in [0, 0.05) is 44.1 Å². The van der Waals surface area contributed by atoms with Crippen LogP contribution >= 0.6 is 0 Å². The van der Waals surface area contributed by atoms with Gasteiger partial charge in [-0.15, -0.1) is 0 Å². The fourth-order valence-electron chi connectivity index (χ4n) is 5.18. The van der Waals surface area contributed by atoms with Crippen LogP contribution in [0.25, 0.3) is 0 Å². The first-order valence-electron chi connectivity index (χ1n) is 12.1. The van der Waals surface area contributed by atoms with E-state index in [2.05, 4.69) is 20.9 Å². The predicted octanol–water partition coefficient (Wildman–Crippen LogP) is 4.66. The Balaban J connectivity index is 1.40. The van der Waals surface area contributed by atoms with E-state index in [1.54, 1.807) is 0 Å². The Bertz CT molecular complexity index is 1100. The number of rotatable bonds is 5. The van der Waals surface area contributed by atoms with Crippen LogP contribution in [-0.2, 0) is 11.0 Å². The lowest BCUT2D eigenvalue weighted by Gasteiger charge is -2.23. The van der Waals surface area contributed by atoms with E-state index in [0.29, 0.717) is 49.4 Å². The zero-order valence-corrected chi connectivity index (χ0v) is 20.2. The Morgan fingerprint density at radius 2 is 1.89 bits per heavy atom. The smallest absolute Gasteiger partial charge is 0.355 e. The van der Waals surface area contributed by atoms with Crippen LogP contribution in [0, 0.1) is 25.2 Å². The topological polar surface area (TPSA) is 77.2 Å². The molecule has 1 saturated heterocycles. The molecular weight excluding hydrogens is 457 g/mol. The number of nitrogens with zero attached hydrogens (tertiary/aromatic N) is 5. The number of anilines is 2. The lowest BCUT2D eigenvalue weighted by Crippen LogP contribution is -2.37. The molecule has 1 saturated carbocycles. The summed E-state index contributed by atoms with van der Waals surface area (Å²) >= 11 is 0. The van der Waals surface area contributed by atoms with Crippen molar-refractivity contribution in [1.29, 1.82) is 5.26 Å². The molecule has 2 aliphatic rings. The fraction of sp³-hybridized carbons (Fsp3) is 0.560. The molecule has 35 heavy (non-hydrogen) atoms. The number of alkyl halides is 3. The van der Waals surface area contributed by atoms with Gasteiger partial charge < -0.3 is 14.8 Å². The summed E-state index contributed by atoms with van der Waals surface area (Å²) in [6.45, 7) is 6.60. The van der Waals surface area contributed by atoms with Crippen LogP contribution in [0.3, 0.4) is 0 Å². The number of amides is 1. The SMILES string of the molecule is Cc1c(C#N)c(NC(=O)CN2CCCN(c3ccc(C(F)(F)F)cn3)CC2)n(C2CCCC2)c1C. The van der Waals surface area contributed by atoms with Crippen LogP contribution < -0.4 is 10.2 Å². The third-order valence-electron chi connectivity index (χ3n) is 7.17. The van der Waals surface area contributed by atoms with E-state index in [4.69, 9.17) is 0 Å². The van der Waals surface area contributed by atoms with Crippen LogP contribution in [-0.4, -0.2) is 53.1 Å². The Kier molecular flexibility index (Phi) is 7.36. The highest BCUT2D eigenvalue weighted by Crippen LogP contribution is 2.37. The molecule has 3 heterocycles. The van der Waals surface area contributed by atoms with Gasteiger partial charge in [0.1, 0.15) is 17.7 Å². The third kappa shape index (κ3) is 5.45. The van der Waals surface area contributed by atoms with Crippen molar-refractivity contribution in [3.63, 3.8) is 0 Å². The molecule has 1 N–H and O–H groups in total. The number of nitriles is 1. The van der Waals surface area contributed by atoms with E-state index in [9.17, 15) is 23.2 Å². The van der Waals surface area contributed by atoms with E-state index < -0.39 is 11.7 Å². The molecule has 0 atom stereocenters. The third-order valence-corrected chi connectivity index (χ3v) is 7.17. The number of pyridine rings is 1. The number of carbonyl (C=O) groups is 1. The number of hydrogen-bond acceptors (Lipinski definition) is 5. The van der Waals surface area contributed by atoms with Gasteiger partial charge in [-0.05, 0) is 50.8 Å². The highest BCUT2D eigenvalue weighted by Gasteiger charge is 2.31. The zero-order chi connectivity index (χ0) is 25.2. The van der Waals surface area contributed by atoms with Gasteiger partial charge in [-0.25, -0.2) is 4.98 Å². The predicted molar refractivity (Wildman–Crippen MR) is 127 cm³/mol. The minimum Gasteiger partial charge on any atom is -0.355 e. The largest absolute Gasteiger partial charge is 0.417 e. The molecule has 0 spiro atoms. The summed E-state index contributed by atoms with van der Waals surface area (Å²) < 4.78 is 40.6. The fourth-order valence-corrected chi connectivity index (χ4v) is 5.18. The summed E-state index contributed by atoms with van der Waals surface area (Å²) in [6, 6.07) is 5.02. The lowest BCUT2D eigenvalue weighted by atomic mass is 10.2. The van der Waals surface area contributed by atoms with Gasteiger partial charge in [0.05, 0.1) is 17.7 Å². The first-order chi connectivity index (χ1) is 16.7. The molecule has 188 valence electrons. The molecule has 1 aliphatic carbocycles. The summed E-state index contributed by atoms with van der Waals surface area (Å²) in [4.78, 5) is 21.0. The maximum Gasteiger partial charge on any atom is 0.417 e. The molecule has 0 bridgehead atoms. The summed E-state index contributed by atoms with van der Waals surface area (Å²) in [5, 5.41) is 12.8. The number of aromatic nitrogens is 2. The molecule has 2 fully saturated rings. The van der Waals surface area contributed by atoms with Crippen LogP contribution in [0.1, 0.15) is 60.5 Å². The zero-order valence-electron chi connectivity index (χ0n) is 20.2. The van der Waals surface area contributed by atoms with Crippen LogP contribution in [0.15, 0.2) is 18.3 Å². The normalized spacial score (nSPS) is 17.9. The van der Waals surface area contributed by atoms with Gasteiger partial charge in [-0.3, -0.25) is 9.69 Å². The minimum absolute atomic E-state index is 0.167. The average molecular weight is 489 g/mol. The summed E-state index contributed by atoms with van der Waals surface area (Å²) in [5.74, 6) is 0.937. The van der Waals surface area contributed by atoms with Crippen molar-refractivity contribution in [3.05, 3.63) is 40.7 Å². The van der Waals surface area contributed by atoms with Crippen LogP contribution in [0.2, 0.25) is 0 Å². The number of hydrogen-bond donors (Lipinski definition) is 1. The van der Waals surface area contributed by atoms with Crippen LogP contribution in [0.5, 0.6) is 0 Å². The second-order valence-corrected chi connectivity index (χ2v) is 9.42. The van der Waals surface area contributed by atoms with Crippen molar-refractivity contribution >= 4 is 17.5 Å². The van der Waals surface area contributed by atoms with Gasteiger partial charge in [0.15, 0.2) is 0 Å². The van der Waals surface area contributed by atoms with E-state index in [1.165, 1.54) is 6.07 Å². The molecular formula is C25H31F3N6O. The Labute approximate surface area is 203 Å². The quantitative estimate of drug-likeness (QED) is 0.663. The van der Waals surface area contributed by atoms with Crippen molar-refractivity contribution in [3.8, 4) is 6.07 Å². The Hall–Kier alpha value is -3.06. The monoisotopic (exact) mass is 488 g/mol. The molecule has 2 aromatic heterocycles. The molecule has 0 radical (unpaired) electrons. The molecule has 0 unspecified atom stereocenters. The molecule has 2 aromatic rings. The standard InChI is InChI=1S/C25H31F3N6O/c1-17-18(2)34(20-6-3-4-7-20)24(21(17)14-29)31-23(35)16-32-10-5-11-33(13-12-32)22-9-8-19(15-30-22)25(26,27)28/h8-9,15,20H,3-7,10-13,16H2,1-2H3,(H,31,35). The lowest BCUT2D eigenvalue weighted by molar-refractivity contribution is -0.137. The van der Waals surface area contributed by atoms with Gasteiger partial charge in [-0.1, -0.05) is 12.8 Å². The first-order valence-corrected chi connectivity index (χ1v) is 12.1. The van der Waals surface area contributed by atoms with Gasteiger partial charge in [0.2, 0.25) is 5.91 Å². The molecule has 7 nitrogen and oxygen atoms in total. The second kappa shape index (κ2) is 10.3. The van der Waals surface area contributed by atoms with Crippen molar-refractivity contribution < 1.29 is 18.0 Å². The van der Waals surface area contributed by atoms with E-state index in [0.717, 1.165) is 55.6 Å². The van der Waals surface area contributed by atoms with Crippen molar-refractivity contribution in [2.45, 2.75) is 58.2 Å². The number of halogens is 3. The Morgan fingerprint density at radius 3 is 2.51 bits per heavy atom. The average Bonchev–Trinajstić information content (AvgIpc) is 3.33. The highest BCUT2D eigenvalue weighted by molar-refractivity contribution is 5.93. The second-order valence-electron chi connectivity index (χ2n) is 9.42. The highest BCUT2D eigenvalue weighted by atomic mass is 19.4. The van der Waals surface area contributed by atoms with Crippen molar-refractivity contribution in [1.82, 2.24) is 14.5 Å². The molecule has 1 aliphatic heterocycles. The molecule has 4 rings (SSSR count).